The SMILES string of the molecule is C[C@@H]1OC(Oc2cc(O)c3c(c2)OC(c2ccc(O)c(O)c2)CC3=O)[C@H](O)[C@@H](O)[C@H]1O. The van der Waals surface area contributed by atoms with Crippen molar-refractivity contribution in [2.75, 3.05) is 0 Å². The molecule has 0 saturated carbocycles. The molecule has 10 nitrogen and oxygen atoms in total. The molecule has 2 unspecified atom stereocenters. The number of aliphatic hydroxyl groups excluding tert-OH is 3. The Balaban J connectivity index is 1.61. The van der Waals surface area contributed by atoms with Gasteiger partial charge in [0.1, 0.15) is 47.2 Å². The van der Waals surface area contributed by atoms with Crippen LogP contribution < -0.4 is 9.47 Å². The molecule has 0 aromatic heterocycles. The second kappa shape index (κ2) is 7.89. The van der Waals surface area contributed by atoms with Crippen LogP contribution in [-0.2, 0) is 4.74 Å². The van der Waals surface area contributed by atoms with Crippen LogP contribution in [0.1, 0.15) is 35.4 Å². The average molecular weight is 434 g/mol. The summed E-state index contributed by atoms with van der Waals surface area (Å²) < 4.78 is 16.8. The number of hydrogen-bond donors (Lipinski definition) is 6. The number of ketones is 1. The van der Waals surface area contributed by atoms with Gasteiger partial charge >= 0.3 is 0 Å². The number of hydrogen-bond acceptors (Lipinski definition) is 10. The highest BCUT2D eigenvalue weighted by molar-refractivity contribution is 6.02. The molecule has 31 heavy (non-hydrogen) atoms. The lowest BCUT2D eigenvalue weighted by molar-refractivity contribution is -0.268. The second-order valence-corrected chi connectivity index (χ2v) is 7.60. The normalized spacial score (nSPS) is 30.4. The van der Waals surface area contributed by atoms with Gasteiger partial charge in [-0.1, -0.05) is 6.07 Å². The van der Waals surface area contributed by atoms with Crippen LogP contribution in [0.2, 0.25) is 0 Å². The summed E-state index contributed by atoms with van der Waals surface area (Å²) in [6.45, 7) is 1.50. The van der Waals surface area contributed by atoms with E-state index in [9.17, 15) is 35.4 Å². The Hall–Kier alpha value is -3.05. The van der Waals surface area contributed by atoms with E-state index in [4.69, 9.17) is 14.2 Å². The Labute approximate surface area is 176 Å². The predicted molar refractivity (Wildman–Crippen MR) is 103 cm³/mol. The molecule has 4 rings (SSSR count). The van der Waals surface area contributed by atoms with E-state index in [1.54, 1.807) is 0 Å². The zero-order valence-electron chi connectivity index (χ0n) is 16.4. The van der Waals surface area contributed by atoms with Crippen LogP contribution in [0, 0.1) is 0 Å². The van der Waals surface area contributed by atoms with Gasteiger partial charge in [0.05, 0.1) is 12.5 Å². The molecule has 0 amide bonds. The highest BCUT2D eigenvalue weighted by Crippen LogP contribution is 2.43. The molecule has 2 aromatic carbocycles. The smallest absolute Gasteiger partial charge is 0.229 e. The zero-order chi connectivity index (χ0) is 22.4. The van der Waals surface area contributed by atoms with Crippen LogP contribution in [-0.4, -0.2) is 67.1 Å². The highest BCUT2D eigenvalue weighted by Gasteiger charge is 2.43. The maximum atomic E-state index is 12.6. The fourth-order valence-electron chi connectivity index (χ4n) is 3.65. The first-order valence-corrected chi connectivity index (χ1v) is 9.60. The van der Waals surface area contributed by atoms with Crippen molar-refractivity contribution in [1.29, 1.82) is 0 Å². The van der Waals surface area contributed by atoms with Crippen molar-refractivity contribution >= 4 is 5.78 Å². The first kappa shape index (κ1) is 21.2. The summed E-state index contributed by atoms with van der Waals surface area (Å²) in [5.74, 6) is -1.46. The van der Waals surface area contributed by atoms with Gasteiger partial charge in [-0.3, -0.25) is 4.79 Å². The number of aliphatic hydroxyl groups is 3. The highest BCUT2D eigenvalue weighted by atomic mass is 16.7. The van der Waals surface area contributed by atoms with Gasteiger partial charge < -0.3 is 44.8 Å². The molecular weight excluding hydrogens is 412 g/mol. The summed E-state index contributed by atoms with van der Waals surface area (Å²) in [4.78, 5) is 12.6. The van der Waals surface area contributed by atoms with Gasteiger partial charge in [-0.05, 0) is 24.6 Å². The Morgan fingerprint density at radius 2 is 1.68 bits per heavy atom. The van der Waals surface area contributed by atoms with Crippen molar-refractivity contribution in [2.24, 2.45) is 0 Å². The minimum absolute atomic E-state index is 0.00177. The number of rotatable bonds is 3. The van der Waals surface area contributed by atoms with Gasteiger partial charge in [0.2, 0.25) is 6.29 Å². The molecule has 2 aliphatic heterocycles. The summed E-state index contributed by atoms with van der Waals surface area (Å²) in [5, 5.41) is 59.4. The third-order valence-electron chi connectivity index (χ3n) is 5.41. The summed E-state index contributed by atoms with van der Waals surface area (Å²) in [7, 11) is 0. The van der Waals surface area contributed by atoms with Gasteiger partial charge in [-0.25, -0.2) is 0 Å². The minimum atomic E-state index is -1.56. The molecule has 1 fully saturated rings. The fraction of sp³-hybridized carbons (Fsp3) is 0.381. The van der Waals surface area contributed by atoms with Crippen LogP contribution in [0.15, 0.2) is 30.3 Å². The molecular formula is C21H22O10. The molecule has 6 N–H and O–H groups in total. The van der Waals surface area contributed by atoms with E-state index in [0.717, 1.165) is 6.07 Å². The van der Waals surface area contributed by atoms with E-state index in [1.165, 1.54) is 31.2 Å². The second-order valence-electron chi connectivity index (χ2n) is 7.60. The van der Waals surface area contributed by atoms with Crippen LogP contribution >= 0.6 is 0 Å². The van der Waals surface area contributed by atoms with Crippen molar-refractivity contribution in [1.82, 2.24) is 0 Å². The van der Waals surface area contributed by atoms with E-state index < -0.39 is 48.3 Å². The maximum absolute atomic E-state index is 12.6. The van der Waals surface area contributed by atoms with Crippen molar-refractivity contribution in [3.63, 3.8) is 0 Å². The average Bonchev–Trinajstić information content (AvgIpc) is 2.71. The molecule has 2 heterocycles. The zero-order valence-corrected chi connectivity index (χ0v) is 16.4. The number of phenolic OH excluding ortho intramolecular Hbond substituents is 3. The first-order valence-electron chi connectivity index (χ1n) is 9.60. The van der Waals surface area contributed by atoms with E-state index >= 15 is 0 Å². The molecule has 166 valence electrons. The predicted octanol–water partition coefficient (Wildman–Crippen LogP) is 0.716. The Morgan fingerprint density at radius 1 is 0.935 bits per heavy atom. The third kappa shape index (κ3) is 3.86. The maximum Gasteiger partial charge on any atom is 0.229 e. The Kier molecular flexibility index (Phi) is 5.40. The summed E-state index contributed by atoms with van der Waals surface area (Å²) in [6, 6.07) is 6.54. The number of carbonyl (C=O) groups is 1. The molecule has 10 heteroatoms. The van der Waals surface area contributed by atoms with Crippen molar-refractivity contribution in [3.8, 4) is 28.7 Å². The van der Waals surface area contributed by atoms with E-state index in [1.807, 2.05) is 0 Å². The number of carbonyl (C=O) groups excluding carboxylic acids is 1. The van der Waals surface area contributed by atoms with E-state index in [0.29, 0.717) is 5.56 Å². The molecule has 0 aliphatic carbocycles. The van der Waals surface area contributed by atoms with Crippen molar-refractivity contribution < 1.29 is 49.6 Å². The summed E-state index contributed by atoms with van der Waals surface area (Å²) >= 11 is 0. The number of benzene rings is 2. The molecule has 0 bridgehead atoms. The Bertz CT molecular complexity index is 1010. The number of Topliss-reactive ketones (excluding diaryl/α,β-unsaturated/α-hetero) is 1. The van der Waals surface area contributed by atoms with Gasteiger partial charge in [-0.15, -0.1) is 0 Å². The molecule has 2 aromatic rings. The largest absolute Gasteiger partial charge is 0.507 e. The topological polar surface area (TPSA) is 166 Å². The lowest BCUT2D eigenvalue weighted by Gasteiger charge is -2.39. The van der Waals surface area contributed by atoms with Crippen LogP contribution in [0.3, 0.4) is 0 Å². The lowest BCUT2D eigenvalue weighted by atomic mass is 9.95. The molecule has 6 atom stereocenters. The molecule has 0 radical (unpaired) electrons. The van der Waals surface area contributed by atoms with Gasteiger partial charge in [0.25, 0.3) is 0 Å². The third-order valence-corrected chi connectivity index (χ3v) is 5.41. The van der Waals surface area contributed by atoms with Gasteiger partial charge in [0, 0.05) is 12.1 Å². The molecule has 0 spiro atoms. The quantitative estimate of drug-likeness (QED) is 0.379. The lowest BCUT2D eigenvalue weighted by Crippen LogP contribution is -2.58. The van der Waals surface area contributed by atoms with Crippen molar-refractivity contribution in [3.05, 3.63) is 41.5 Å². The number of aromatic hydroxyl groups is 3. The Morgan fingerprint density at radius 3 is 2.39 bits per heavy atom. The minimum Gasteiger partial charge on any atom is -0.507 e. The van der Waals surface area contributed by atoms with E-state index in [-0.39, 0.29) is 35.0 Å². The van der Waals surface area contributed by atoms with Crippen molar-refractivity contribution in [2.45, 2.75) is 50.2 Å². The van der Waals surface area contributed by atoms with Gasteiger partial charge in [-0.2, -0.15) is 0 Å². The fourth-order valence-corrected chi connectivity index (χ4v) is 3.65. The van der Waals surface area contributed by atoms with Crippen LogP contribution in [0.4, 0.5) is 0 Å². The van der Waals surface area contributed by atoms with Gasteiger partial charge in [0.15, 0.2) is 17.3 Å². The van der Waals surface area contributed by atoms with Crippen LogP contribution in [0.5, 0.6) is 28.7 Å². The number of fused-ring (bicyclic) bond motifs is 1. The number of ether oxygens (including phenoxy) is 3. The van der Waals surface area contributed by atoms with E-state index in [2.05, 4.69) is 0 Å². The summed E-state index contributed by atoms with van der Waals surface area (Å²) in [5.41, 5.74) is 0.401. The van der Waals surface area contributed by atoms with Crippen LogP contribution in [0.25, 0.3) is 0 Å². The molecule has 1 saturated heterocycles. The summed E-state index contributed by atoms with van der Waals surface area (Å²) in [6.07, 6.45) is -7.39. The standard InChI is InChI=1S/C21H22O10/c1-8-18(26)19(27)20(28)21(29-8)30-10-5-13(24)17-14(25)7-15(31-16(17)6-10)9-2-3-11(22)12(23)4-9/h2-6,8,15,18-24,26-28H,7H2,1H3/t8-,15?,18-,19-,20+,21?/m0/s1. The first-order chi connectivity index (χ1) is 14.7. The number of phenols is 3. The monoisotopic (exact) mass is 434 g/mol. The molecule has 2 aliphatic rings.